The second-order valence-corrected chi connectivity index (χ2v) is 5.99. The first-order chi connectivity index (χ1) is 8.66. The molecule has 1 rings (SSSR count). The van der Waals surface area contributed by atoms with Crippen LogP contribution in [0.25, 0.3) is 0 Å². The topological polar surface area (TPSA) is 46.3 Å². The molecule has 2 atom stereocenters. The van der Waals surface area contributed by atoms with Crippen molar-refractivity contribution in [2.24, 2.45) is 11.1 Å². The molecule has 0 aromatic heterocycles. The number of halogens is 1. The highest BCUT2D eigenvalue weighted by molar-refractivity contribution is 5.82. The fraction of sp³-hybridized carbons (Fsp3) is 0.533. The van der Waals surface area contributed by atoms with E-state index >= 15 is 0 Å². The van der Waals surface area contributed by atoms with E-state index < -0.39 is 6.04 Å². The lowest BCUT2D eigenvalue weighted by molar-refractivity contribution is -0.135. The van der Waals surface area contributed by atoms with Crippen molar-refractivity contribution in [3.05, 3.63) is 35.6 Å². The third kappa shape index (κ3) is 3.53. The number of rotatable bonds is 3. The fourth-order valence-electron chi connectivity index (χ4n) is 1.80. The third-order valence-electron chi connectivity index (χ3n) is 3.48. The number of amides is 1. The molecule has 0 aliphatic rings. The van der Waals surface area contributed by atoms with E-state index in [1.165, 1.54) is 11.0 Å². The highest BCUT2D eigenvalue weighted by Crippen LogP contribution is 2.25. The van der Waals surface area contributed by atoms with E-state index in [-0.39, 0.29) is 23.2 Å². The zero-order valence-corrected chi connectivity index (χ0v) is 12.3. The number of benzene rings is 1. The Bertz CT molecular complexity index is 454. The average molecular weight is 266 g/mol. The van der Waals surface area contributed by atoms with Gasteiger partial charge in [0.1, 0.15) is 5.82 Å². The van der Waals surface area contributed by atoms with E-state index in [2.05, 4.69) is 0 Å². The molecule has 0 heterocycles. The number of hydrogen-bond donors (Lipinski definition) is 1. The standard InChI is InChI=1S/C15H23FN2O/c1-10(11-8-6-7-9-12(11)16)18(5)14(19)13(17)15(2,3)4/h6-10,13H,17H2,1-5H3. The second-order valence-electron chi connectivity index (χ2n) is 5.99. The summed E-state index contributed by atoms with van der Waals surface area (Å²) in [4.78, 5) is 13.8. The van der Waals surface area contributed by atoms with Crippen LogP contribution in [-0.4, -0.2) is 23.9 Å². The monoisotopic (exact) mass is 266 g/mol. The lowest BCUT2D eigenvalue weighted by Gasteiger charge is -2.33. The van der Waals surface area contributed by atoms with Crippen molar-refractivity contribution in [3.63, 3.8) is 0 Å². The van der Waals surface area contributed by atoms with Crippen LogP contribution in [0.5, 0.6) is 0 Å². The van der Waals surface area contributed by atoms with Crippen LogP contribution in [0.2, 0.25) is 0 Å². The van der Waals surface area contributed by atoms with Crippen LogP contribution in [0.3, 0.4) is 0 Å². The van der Waals surface area contributed by atoms with Gasteiger partial charge in [0, 0.05) is 12.6 Å². The average Bonchev–Trinajstić information content (AvgIpc) is 2.34. The van der Waals surface area contributed by atoms with E-state index in [1.54, 1.807) is 32.2 Å². The van der Waals surface area contributed by atoms with Crippen LogP contribution >= 0.6 is 0 Å². The molecule has 0 bridgehead atoms. The van der Waals surface area contributed by atoms with Crippen LogP contribution in [0.4, 0.5) is 4.39 Å². The van der Waals surface area contributed by atoms with Gasteiger partial charge >= 0.3 is 0 Å². The van der Waals surface area contributed by atoms with Crippen molar-refractivity contribution in [2.75, 3.05) is 7.05 Å². The minimum Gasteiger partial charge on any atom is -0.338 e. The summed E-state index contributed by atoms with van der Waals surface area (Å²) in [6.07, 6.45) is 0. The number of likely N-dealkylation sites (N-methyl/N-ethyl adjacent to an activating group) is 1. The van der Waals surface area contributed by atoms with Crippen molar-refractivity contribution >= 4 is 5.91 Å². The fourth-order valence-corrected chi connectivity index (χ4v) is 1.80. The Hall–Kier alpha value is -1.42. The molecule has 1 aromatic rings. The van der Waals surface area contributed by atoms with Crippen LogP contribution in [0, 0.1) is 11.2 Å². The molecule has 0 aliphatic carbocycles. The molecule has 2 unspecified atom stereocenters. The van der Waals surface area contributed by atoms with Gasteiger partial charge in [-0.1, -0.05) is 39.0 Å². The number of hydrogen-bond acceptors (Lipinski definition) is 2. The Morgan fingerprint density at radius 3 is 2.32 bits per heavy atom. The molecule has 0 radical (unpaired) electrons. The summed E-state index contributed by atoms with van der Waals surface area (Å²) in [5.41, 5.74) is 6.14. The van der Waals surface area contributed by atoms with Gasteiger partial charge in [-0.25, -0.2) is 4.39 Å². The number of nitrogens with zero attached hydrogens (tertiary/aromatic N) is 1. The zero-order valence-electron chi connectivity index (χ0n) is 12.3. The molecule has 0 saturated heterocycles. The number of carbonyl (C=O) groups is 1. The molecule has 0 aliphatic heterocycles. The van der Waals surface area contributed by atoms with Gasteiger partial charge in [-0.15, -0.1) is 0 Å². The van der Waals surface area contributed by atoms with Gasteiger partial charge in [-0.2, -0.15) is 0 Å². The molecule has 19 heavy (non-hydrogen) atoms. The van der Waals surface area contributed by atoms with E-state index in [1.807, 2.05) is 20.8 Å². The molecule has 1 amide bonds. The van der Waals surface area contributed by atoms with Crippen molar-refractivity contribution in [3.8, 4) is 0 Å². The van der Waals surface area contributed by atoms with Gasteiger partial charge < -0.3 is 10.6 Å². The molecule has 0 fully saturated rings. The van der Waals surface area contributed by atoms with Crippen molar-refractivity contribution in [2.45, 2.75) is 39.8 Å². The summed E-state index contributed by atoms with van der Waals surface area (Å²) < 4.78 is 13.7. The Morgan fingerprint density at radius 2 is 1.84 bits per heavy atom. The highest BCUT2D eigenvalue weighted by Gasteiger charge is 2.32. The van der Waals surface area contributed by atoms with Gasteiger partial charge in [-0.05, 0) is 18.4 Å². The first kappa shape index (κ1) is 15.6. The smallest absolute Gasteiger partial charge is 0.240 e. The maximum atomic E-state index is 13.7. The molecular formula is C15H23FN2O. The Kier molecular flexibility index (Phi) is 4.69. The van der Waals surface area contributed by atoms with Crippen LogP contribution in [-0.2, 0) is 4.79 Å². The molecule has 0 saturated carbocycles. The van der Waals surface area contributed by atoms with Crippen LogP contribution in [0.1, 0.15) is 39.3 Å². The number of nitrogens with two attached hydrogens (primary N) is 1. The highest BCUT2D eigenvalue weighted by atomic mass is 19.1. The van der Waals surface area contributed by atoms with Crippen molar-refractivity contribution < 1.29 is 9.18 Å². The van der Waals surface area contributed by atoms with Crippen LogP contribution in [0.15, 0.2) is 24.3 Å². The summed E-state index contributed by atoms with van der Waals surface area (Å²) in [5.74, 6) is -0.484. The molecule has 1 aromatic carbocycles. The summed E-state index contributed by atoms with van der Waals surface area (Å²) in [7, 11) is 1.66. The quantitative estimate of drug-likeness (QED) is 0.914. The van der Waals surface area contributed by atoms with Gasteiger partial charge in [-0.3, -0.25) is 4.79 Å². The summed E-state index contributed by atoms with van der Waals surface area (Å²) >= 11 is 0. The van der Waals surface area contributed by atoms with Crippen LogP contribution < -0.4 is 5.73 Å². The van der Waals surface area contributed by atoms with E-state index in [0.717, 1.165) is 0 Å². The molecule has 4 heteroatoms. The molecule has 0 spiro atoms. The van der Waals surface area contributed by atoms with Gasteiger partial charge in [0.15, 0.2) is 0 Å². The molecule has 2 N–H and O–H groups in total. The Labute approximate surface area is 114 Å². The Morgan fingerprint density at radius 1 is 1.32 bits per heavy atom. The normalized spacial score (nSPS) is 14.9. The largest absolute Gasteiger partial charge is 0.338 e. The van der Waals surface area contributed by atoms with Gasteiger partial charge in [0.25, 0.3) is 0 Å². The van der Waals surface area contributed by atoms with Gasteiger partial charge in [0.05, 0.1) is 12.1 Å². The molecular weight excluding hydrogens is 243 g/mol. The van der Waals surface area contributed by atoms with Crippen molar-refractivity contribution in [1.82, 2.24) is 4.90 Å². The Balaban J connectivity index is 2.92. The minimum atomic E-state index is -0.605. The first-order valence-corrected chi connectivity index (χ1v) is 6.43. The second kappa shape index (κ2) is 5.70. The maximum Gasteiger partial charge on any atom is 0.240 e. The SMILES string of the molecule is CC(c1ccccc1F)N(C)C(=O)C(N)C(C)(C)C. The van der Waals surface area contributed by atoms with E-state index in [4.69, 9.17) is 5.73 Å². The minimum absolute atomic E-state index is 0.178. The number of carbonyl (C=O) groups excluding carboxylic acids is 1. The lowest BCUT2D eigenvalue weighted by Crippen LogP contribution is -2.49. The third-order valence-corrected chi connectivity index (χ3v) is 3.48. The summed E-state index contributed by atoms with van der Waals surface area (Å²) in [5, 5.41) is 0. The molecule has 3 nitrogen and oxygen atoms in total. The summed E-state index contributed by atoms with van der Waals surface area (Å²) in [6, 6.07) is 5.53. The predicted octanol–water partition coefficient (Wildman–Crippen LogP) is 2.72. The first-order valence-electron chi connectivity index (χ1n) is 6.43. The van der Waals surface area contributed by atoms with E-state index in [9.17, 15) is 9.18 Å². The summed E-state index contributed by atoms with van der Waals surface area (Å²) in [6.45, 7) is 7.54. The van der Waals surface area contributed by atoms with Gasteiger partial charge in [0.2, 0.25) is 5.91 Å². The maximum absolute atomic E-state index is 13.7. The predicted molar refractivity (Wildman–Crippen MR) is 75.0 cm³/mol. The lowest BCUT2D eigenvalue weighted by atomic mass is 9.86. The molecule has 106 valence electrons. The van der Waals surface area contributed by atoms with Crippen molar-refractivity contribution in [1.29, 1.82) is 0 Å². The van der Waals surface area contributed by atoms with E-state index in [0.29, 0.717) is 5.56 Å². The zero-order chi connectivity index (χ0) is 14.8.